The molecule has 222 valence electrons. The fraction of sp³-hybridized carbons (Fsp3) is 0.375. The van der Waals surface area contributed by atoms with Gasteiger partial charge in [-0.1, -0.05) is 59.2 Å². The predicted molar refractivity (Wildman–Crippen MR) is 159 cm³/mol. The van der Waals surface area contributed by atoms with Crippen LogP contribution in [0.3, 0.4) is 0 Å². The molecule has 0 bridgehead atoms. The van der Waals surface area contributed by atoms with Gasteiger partial charge < -0.3 is 30.0 Å². The molecule has 2 aliphatic heterocycles. The number of oxime groups is 1. The molecule has 2 saturated heterocycles. The highest BCUT2D eigenvalue weighted by molar-refractivity contribution is 6.45. The van der Waals surface area contributed by atoms with Gasteiger partial charge in [0.05, 0.1) is 24.3 Å². The third-order valence-corrected chi connectivity index (χ3v) is 8.06. The van der Waals surface area contributed by atoms with Crippen LogP contribution < -0.4 is 10.1 Å². The third-order valence-electron chi connectivity index (χ3n) is 7.76. The van der Waals surface area contributed by atoms with E-state index in [1.165, 1.54) is 12.1 Å². The molecule has 0 unspecified atom stereocenters. The molecule has 2 heterocycles. The van der Waals surface area contributed by atoms with Crippen molar-refractivity contribution in [1.82, 2.24) is 10.2 Å². The zero-order valence-corrected chi connectivity index (χ0v) is 24.0. The molecule has 0 spiro atoms. The Morgan fingerprint density at radius 1 is 1.05 bits per heavy atom. The molecule has 0 radical (unpaired) electrons. The lowest BCUT2D eigenvalue weighted by molar-refractivity contribution is -0.116. The van der Waals surface area contributed by atoms with Gasteiger partial charge in [-0.15, -0.1) is 0 Å². The highest BCUT2D eigenvalue weighted by Crippen LogP contribution is 2.31. The highest BCUT2D eigenvalue weighted by atomic mass is 35.5. The van der Waals surface area contributed by atoms with E-state index in [0.29, 0.717) is 41.7 Å². The van der Waals surface area contributed by atoms with E-state index in [0.717, 1.165) is 49.9 Å². The summed E-state index contributed by atoms with van der Waals surface area (Å²) in [6.45, 7) is 3.43. The predicted octanol–water partition coefficient (Wildman–Crippen LogP) is 5.20. The molecule has 2 aliphatic rings. The number of nitrogens with zero attached hydrogens (tertiary/aromatic N) is 2. The SMILES string of the molecule is O=C(N[C@H](CN1CCCC1)[C@H](O)c1ccc(OC2CCOCC2)c(Cl)c1)C(=NO)c1ccc(-c2ccc(F)cc2)cc1. The Balaban J connectivity index is 1.31. The van der Waals surface area contributed by atoms with Gasteiger partial charge >= 0.3 is 0 Å². The topological polar surface area (TPSA) is 104 Å². The third kappa shape index (κ3) is 7.46. The van der Waals surface area contributed by atoms with Crippen LogP contribution in [0.25, 0.3) is 11.1 Å². The van der Waals surface area contributed by atoms with Gasteiger partial charge in [-0.2, -0.15) is 0 Å². The Morgan fingerprint density at radius 2 is 1.69 bits per heavy atom. The van der Waals surface area contributed by atoms with Crippen molar-refractivity contribution >= 4 is 23.2 Å². The van der Waals surface area contributed by atoms with Crippen LogP contribution >= 0.6 is 11.6 Å². The zero-order valence-electron chi connectivity index (χ0n) is 23.2. The number of aliphatic hydroxyl groups excluding tert-OH is 1. The summed E-state index contributed by atoms with van der Waals surface area (Å²) in [6.07, 6.45) is 2.61. The first-order chi connectivity index (χ1) is 20.4. The number of carbonyl (C=O) groups is 1. The summed E-state index contributed by atoms with van der Waals surface area (Å²) in [7, 11) is 0. The summed E-state index contributed by atoms with van der Waals surface area (Å²) >= 11 is 6.56. The molecule has 3 aromatic carbocycles. The number of likely N-dealkylation sites (tertiary alicyclic amines) is 1. The number of hydrogen-bond acceptors (Lipinski definition) is 7. The second-order valence-corrected chi connectivity index (χ2v) is 11.1. The highest BCUT2D eigenvalue weighted by Gasteiger charge is 2.29. The number of halogens is 2. The van der Waals surface area contributed by atoms with E-state index in [9.17, 15) is 19.5 Å². The summed E-state index contributed by atoms with van der Waals surface area (Å²) in [4.78, 5) is 15.6. The lowest BCUT2D eigenvalue weighted by Crippen LogP contribution is -2.48. The minimum absolute atomic E-state index is 0.0233. The van der Waals surface area contributed by atoms with Crippen LogP contribution in [0.4, 0.5) is 4.39 Å². The summed E-state index contributed by atoms with van der Waals surface area (Å²) < 4.78 is 24.8. The van der Waals surface area contributed by atoms with Gasteiger partial charge in [-0.05, 0) is 66.9 Å². The van der Waals surface area contributed by atoms with E-state index in [2.05, 4.69) is 15.4 Å². The summed E-state index contributed by atoms with van der Waals surface area (Å²) in [5, 5.41) is 27.8. The first kappa shape index (κ1) is 30.0. The molecule has 0 aromatic heterocycles. The minimum Gasteiger partial charge on any atom is -0.489 e. The van der Waals surface area contributed by atoms with Crippen LogP contribution in [0.5, 0.6) is 5.75 Å². The maximum atomic E-state index is 13.4. The number of ether oxygens (including phenoxy) is 2. The number of amides is 1. The van der Waals surface area contributed by atoms with Crippen molar-refractivity contribution in [3.63, 3.8) is 0 Å². The average Bonchev–Trinajstić information content (AvgIpc) is 3.52. The largest absolute Gasteiger partial charge is 0.489 e. The molecule has 42 heavy (non-hydrogen) atoms. The first-order valence-corrected chi connectivity index (χ1v) is 14.6. The Hall–Kier alpha value is -3.50. The van der Waals surface area contributed by atoms with Gasteiger partial charge in [0.15, 0.2) is 5.71 Å². The molecule has 5 rings (SSSR count). The second kappa shape index (κ2) is 14.1. The van der Waals surface area contributed by atoms with Gasteiger partial charge in [0, 0.05) is 24.9 Å². The van der Waals surface area contributed by atoms with Crippen LogP contribution in [0.15, 0.2) is 71.9 Å². The first-order valence-electron chi connectivity index (χ1n) is 14.2. The molecule has 8 nitrogen and oxygen atoms in total. The van der Waals surface area contributed by atoms with Gasteiger partial charge in [0.1, 0.15) is 23.8 Å². The van der Waals surface area contributed by atoms with Crippen molar-refractivity contribution in [2.75, 3.05) is 32.8 Å². The summed E-state index contributed by atoms with van der Waals surface area (Å²) in [6, 6.07) is 17.4. The monoisotopic (exact) mass is 595 g/mol. The van der Waals surface area contributed by atoms with Crippen LogP contribution in [-0.2, 0) is 9.53 Å². The zero-order chi connectivity index (χ0) is 29.5. The number of carbonyl (C=O) groups excluding carboxylic acids is 1. The smallest absolute Gasteiger partial charge is 0.274 e. The lowest BCUT2D eigenvalue weighted by atomic mass is 9.99. The number of aliphatic hydroxyl groups is 1. The fourth-order valence-corrected chi connectivity index (χ4v) is 5.64. The number of nitrogens with one attached hydrogen (secondary N) is 1. The van der Waals surface area contributed by atoms with E-state index < -0.39 is 18.1 Å². The molecule has 0 saturated carbocycles. The molecule has 2 atom stereocenters. The molecule has 3 aromatic rings. The molecular weight excluding hydrogens is 561 g/mol. The van der Waals surface area contributed by atoms with Crippen LogP contribution in [0.1, 0.15) is 42.9 Å². The van der Waals surface area contributed by atoms with Crippen molar-refractivity contribution in [2.45, 2.75) is 43.9 Å². The van der Waals surface area contributed by atoms with Gasteiger partial charge in [0.2, 0.25) is 0 Å². The van der Waals surface area contributed by atoms with E-state index in [4.69, 9.17) is 21.1 Å². The maximum Gasteiger partial charge on any atom is 0.274 e. The maximum absolute atomic E-state index is 13.4. The molecule has 3 N–H and O–H groups in total. The molecule has 10 heteroatoms. The normalized spacial score (nSPS) is 18.0. The second-order valence-electron chi connectivity index (χ2n) is 10.7. The van der Waals surface area contributed by atoms with E-state index in [1.54, 1.807) is 54.6 Å². The molecule has 0 aliphatic carbocycles. The van der Waals surface area contributed by atoms with Crippen LogP contribution in [0, 0.1) is 5.82 Å². The number of hydrogen-bond donors (Lipinski definition) is 3. The van der Waals surface area contributed by atoms with E-state index >= 15 is 0 Å². The Labute approximate surface area is 249 Å². The standard InChI is InChI=1S/C32H35ClFN3O5/c33-27-19-24(9-12-29(27)42-26-13-17-41-18-14-26)31(38)28(20-37-15-1-2-16-37)35-32(39)30(36-40)23-5-3-21(4-6-23)22-7-10-25(34)11-8-22/h3-12,19,26,28,31,38,40H,1-2,13-18,20H2,(H,35,39)/t28-,31-/m1/s1. The van der Waals surface area contributed by atoms with Gasteiger partial charge in [-0.3, -0.25) is 4.79 Å². The van der Waals surface area contributed by atoms with Gasteiger partial charge in [0.25, 0.3) is 5.91 Å². The Bertz CT molecular complexity index is 1370. The molecular formula is C32H35ClFN3O5. The van der Waals surface area contributed by atoms with Crippen molar-refractivity contribution in [1.29, 1.82) is 0 Å². The van der Waals surface area contributed by atoms with E-state index in [-0.39, 0.29) is 17.6 Å². The Kier molecular flexibility index (Phi) is 10.1. The van der Waals surface area contributed by atoms with Crippen molar-refractivity contribution in [3.05, 3.63) is 88.7 Å². The quantitative estimate of drug-likeness (QED) is 0.169. The molecule has 2 fully saturated rings. The lowest BCUT2D eigenvalue weighted by Gasteiger charge is -2.29. The molecule has 1 amide bonds. The fourth-order valence-electron chi connectivity index (χ4n) is 5.40. The number of rotatable bonds is 10. The minimum atomic E-state index is -1.08. The summed E-state index contributed by atoms with van der Waals surface area (Å²) in [5.41, 5.74) is 2.38. The van der Waals surface area contributed by atoms with E-state index in [1.807, 2.05) is 0 Å². The average molecular weight is 596 g/mol. The van der Waals surface area contributed by atoms with Crippen LogP contribution in [-0.4, -0.2) is 71.8 Å². The number of benzene rings is 3. The summed E-state index contributed by atoms with van der Waals surface area (Å²) in [5.74, 6) is -0.409. The van der Waals surface area contributed by atoms with Crippen molar-refractivity contribution in [2.24, 2.45) is 5.16 Å². The van der Waals surface area contributed by atoms with Crippen molar-refractivity contribution < 1.29 is 29.0 Å². The Morgan fingerprint density at radius 3 is 2.31 bits per heavy atom. The van der Waals surface area contributed by atoms with Gasteiger partial charge in [-0.25, -0.2) is 4.39 Å². The van der Waals surface area contributed by atoms with Crippen molar-refractivity contribution in [3.8, 4) is 16.9 Å². The van der Waals surface area contributed by atoms with Crippen LogP contribution in [0.2, 0.25) is 5.02 Å².